The van der Waals surface area contributed by atoms with Gasteiger partial charge in [0.2, 0.25) is 0 Å². The molecular weight excluding hydrogens is 202 g/mol. The standard InChI is InChI=1S/C13H25NO2/c1-5-8-14(9-6-2)11-12(4)13(15)16-10-7-3/h11H,5-10H2,1-4H3. The minimum atomic E-state index is -0.195. The van der Waals surface area contributed by atoms with Crippen molar-refractivity contribution in [2.24, 2.45) is 0 Å². The lowest BCUT2D eigenvalue weighted by Crippen LogP contribution is -2.21. The van der Waals surface area contributed by atoms with E-state index in [1.54, 1.807) is 0 Å². The first kappa shape index (κ1) is 15.0. The van der Waals surface area contributed by atoms with Crippen LogP contribution in [0.4, 0.5) is 0 Å². The van der Waals surface area contributed by atoms with Crippen LogP contribution in [0.15, 0.2) is 11.8 Å². The molecule has 3 heteroatoms. The molecular formula is C13H25NO2. The highest BCUT2D eigenvalue weighted by molar-refractivity contribution is 5.87. The van der Waals surface area contributed by atoms with Crippen molar-refractivity contribution < 1.29 is 9.53 Å². The van der Waals surface area contributed by atoms with Gasteiger partial charge in [0, 0.05) is 24.9 Å². The largest absolute Gasteiger partial charge is 0.462 e. The topological polar surface area (TPSA) is 29.5 Å². The summed E-state index contributed by atoms with van der Waals surface area (Å²) in [5.41, 5.74) is 0.690. The zero-order valence-corrected chi connectivity index (χ0v) is 11.1. The molecule has 3 nitrogen and oxygen atoms in total. The van der Waals surface area contributed by atoms with Crippen molar-refractivity contribution in [1.82, 2.24) is 4.90 Å². The second-order valence-corrected chi connectivity index (χ2v) is 3.98. The van der Waals surface area contributed by atoms with Crippen LogP contribution < -0.4 is 0 Å². The van der Waals surface area contributed by atoms with Gasteiger partial charge in [0.1, 0.15) is 0 Å². The fourth-order valence-corrected chi connectivity index (χ4v) is 1.45. The number of esters is 1. The highest BCUT2D eigenvalue weighted by atomic mass is 16.5. The van der Waals surface area contributed by atoms with E-state index in [0.717, 1.165) is 32.4 Å². The molecule has 94 valence electrons. The minimum absolute atomic E-state index is 0.195. The number of hydrogen-bond acceptors (Lipinski definition) is 3. The molecule has 0 spiro atoms. The summed E-state index contributed by atoms with van der Waals surface area (Å²) < 4.78 is 5.08. The van der Waals surface area contributed by atoms with Gasteiger partial charge in [0.05, 0.1) is 6.61 Å². The van der Waals surface area contributed by atoms with E-state index in [9.17, 15) is 4.79 Å². The first-order valence-corrected chi connectivity index (χ1v) is 6.25. The average Bonchev–Trinajstić information content (AvgIpc) is 2.26. The molecule has 0 aromatic rings. The summed E-state index contributed by atoms with van der Waals surface area (Å²) in [5, 5.41) is 0. The van der Waals surface area contributed by atoms with Gasteiger partial charge < -0.3 is 9.64 Å². The van der Waals surface area contributed by atoms with E-state index in [2.05, 4.69) is 18.7 Å². The Morgan fingerprint density at radius 1 is 1.12 bits per heavy atom. The molecule has 0 aliphatic carbocycles. The molecule has 0 saturated heterocycles. The fourth-order valence-electron chi connectivity index (χ4n) is 1.45. The quantitative estimate of drug-likeness (QED) is 0.471. The summed E-state index contributed by atoms with van der Waals surface area (Å²) in [6.45, 7) is 10.6. The maximum absolute atomic E-state index is 11.5. The van der Waals surface area contributed by atoms with Crippen molar-refractivity contribution in [1.29, 1.82) is 0 Å². The number of carbonyl (C=O) groups is 1. The van der Waals surface area contributed by atoms with E-state index in [1.807, 2.05) is 20.0 Å². The Kier molecular flexibility index (Phi) is 8.68. The number of rotatable bonds is 8. The van der Waals surface area contributed by atoms with E-state index in [0.29, 0.717) is 12.2 Å². The van der Waals surface area contributed by atoms with E-state index < -0.39 is 0 Å². The van der Waals surface area contributed by atoms with Gasteiger partial charge in [-0.3, -0.25) is 0 Å². The third-order valence-corrected chi connectivity index (χ3v) is 2.16. The molecule has 0 fully saturated rings. The average molecular weight is 227 g/mol. The van der Waals surface area contributed by atoms with Gasteiger partial charge in [0.25, 0.3) is 0 Å². The van der Waals surface area contributed by atoms with Gasteiger partial charge in [-0.15, -0.1) is 0 Å². The van der Waals surface area contributed by atoms with Crippen molar-refractivity contribution in [3.63, 3.8) is 0 Å². The molecule has 0 N–H and O–H groups in total. The van der Waals surface area contributed by atoms with E-state index in [4.69, 9.17) is 4.74 Å². The number of carbonyl (C=O) groups excluding carboxylic acids is 1. The van der Waals surface area contributed by atoms with Crippen molar-refractivity contribution in [2.75, 3.05) is 19.7 Å². The van der Waals surface area contributed by atoms with Crippen LogP contribution in [0.5, 0.6) is 0 Å². The van der Waals surface area contributed by atoms with Crippen LogP contribution in [0.25, 0.3) is 0 Å². The predicted molar refractivity (Wildman–Crippen MR) is 67.2 cm³/mol. The molecule has 0 unspecified atom stereocenters. The van der Waals surface area contributed by atoms with Crippen LogP contribution in [-0.2, 0) is 9.53 Å². The third kappa shape index (κ3) is 6.49. The van der Waals surface area contributed by atoms with E-state index >= 15 is 0 Å². The van der Waals surface area contributed by atoms with Crippen LogP contribution in [0.1, 0.15) is 47.0 Å². The molecule has 0 bridgehead atoms. The molecule has 0 amide bonds. The van der Waals surface area contributed by atoms with Crippen LogP contribution in [0.3, 0.4) is 0 Å². The molecule has 0 saturated carbocycles. The summed E-state index contributed by atoms with van der Waals surface area (Å²) in [6, 6.07) is 0. The molecule has 0 radical (unpaired) electrons. The van der Waals surface area contributed by atoms with E-state index in [1.165, 1.54) is 0 Å². The normalized spacial score (nSPS) is 11.4. The van der Waals surface area contributed by atoms with Crippen LogP contribution in [0.2, 0.25) is 0 Å². The molecule has 0 atom stereocenters. The monoisotopic (exact) mass is 227 g/mol. The predicted octanol–water partition coefficient (Wildman–Crippen LogP) is 2.97. The Hall–Kier alpha value is -0.990. The van der Waals surface area contributed by atoms with Crippen molar-refractivity contribution >= 4 is 5.97 Å². The molecule has 0 aliphatic rings. The van der Waals surface area contributed by atoms with Crippen LogP contribution >= 0.6 is 0 Å². The second kappa shape index (κ2) is 9.25. The van der Waals surface area contributed by atoms with Gasteiger partial charge in [0.15, 0.2) is 0 Å². The third-order valence-electron chi connectivity index (χ3n) is 2.16. The zero-order valence-electron chi connectivity index (χ0n) is 11.1. The van der Waals surface area contributed by atoms with Crippen molar-refractivity contribution in [2.45, 2.75) is 47.0 Å². The van der Waals surface area contributed by atoms with Crippen molar-refractivity contribution in [3.05, 3.63) is 11.8 Å². The lowest BCUT2D eigenvalue weighted by molar-refractivity contribution is -0.139. The maximum Gasteiger partial charge on any atom is 0.335 e. The summed E-state index contributed by atoms with van der Waals surface area (Å²) in [4.78, 5) is 13.7. The summed E-state index contributed by atoms with van der Waals surface area (Å²) >= 11 is 0. The molecule has 0 aliphatic heterocycles. The molecule has 0 heterocycles. The summed E-state index contributed by atoms with van der Waals surface area (Å²) in [6.07, 6.45) is 4.97. The van der Waals surface area contributed by atoms with Crippen molar-refractivity contribution in [3.8, 4) is 0 Å². The second-order valence-electron chi connectivity index (χ2n) is 3.98. The Morgan fingerprint density at radius 3 is 2.12 bits per heavy atom. The van der Waals surface area contributed by atoms with Crippen LogP contribution in [-0.4, -0.2) is 30.6 Å². The van der Waals surface area contributed by atoms with Gasteiger partial charge in [-0.25, -0.2) is 4.79 Å². The minimum Gasteiger partial charge on any atom is -0.462 e. The smallest absolute Gasteiger partial charge is 0.335 e. The highest BCUT2D eigenvalue weighted by Gasteiger charge is 2.07. The first-order valence-electron chi connectivity index (χ1n) is 6.25. The highest BCUT2D eigenvalue weighted by Crippen LogP contribution is 2.03. The van der Waals surface area contributed by atoms with Crippen LogP contribution in [0, 0.1) is 0 Å². The lowest BCUT2D eigenvalue weighted by Gasteiger charge is -2.19. The lowest BCUT2D eigenvalue weighted by atomic mass is 10.3. The molecule has 0 aromatic heterocycles. The van der Waals surface area contributed by atoms with Gasteiger partial charge >= 0.3 is 5.97 Å². The van der Waals surface area contributed by atoms with Gasteiger partial charge in [-0.1, -0.05) is 20.8 Å². The SMILES string of the molecule is CCCOC(=O)C(C)=CN(CCC)CCC. The molecule has 0 aromatic carbocycles. The fraction of sp³-hybridized carbons (Fsp3) is 0.769. The number of ether oxygens (including phenoxy) is 1. The number of nitrogens with zero attached hydrogens (tertiary/aromatic N) is 1. The Morgan fingerprint density at radius 2 is 1.69 bits per heavy atom. The first-order chi connectivity index (χ1) is 7.65. The van der Waals surface area contributed by atoms with Gasteiger partial charge in [-0.2, -0.15) is 0 Å². The molecule has 0 rings (SSSR count). The Labute approximate surface area is 99.5 Å². The Bertz CT molecular complexity index is 218. The zero-order chi connectivity index (χ0) is 12.4. The number of hydrogen-bond donors (Lipinski definition) is 0. The summed E-state index contributed by atoms with van der Waals surface area (Å²) in [7, 11) is 0. The summed E-state index contributed by atoms with van der Waals surface area (Å²) in [5.74, 6) is -0.195. The van der Waals surface area contributed by atoms with E-state index in [-0.39, 0.29) is 5.97 Å². The molecule has 16 heavy (non-hydrogen) atoms. The Balaban J connectivity index is 4.27. The maximum atomic E-state index is 11.5. The van der Waals surface area contributed by atoms with Gasteiger partial charge in [-0.05, 0) is 26.2 Å².